The number of allylic oxidation sites excluding steroid dienone is 1. The number of aromatic nitrogens is 2. The smallest absolute Gasteiger partial charge is 0.413 e. The van der Waals surface area contributed by atoms with Gasteiger partial charge in [0.05, 0.1) is 39.0 Å². The minimum absolute atomic E-state index is 0.0245. The molecule has 1 fully saturated rings. The Morgan fingerprint density at radius 2 is 2.08 bits per heavy atom. The van der Waals surface area contributed by atoms with Crippen LogP contribution in [0.3, 0.4) is 0 Å². The topological polar surface area (TPSA) is 117 Å². The van der Waals surface area contributed by atoms with E-state index in [4.69, 9.17) is 16.3 Å². The van der Waals surface area contributed by atoms with Gasteiger partial charge in [-0.3, -0.25) is 14.8 Å². The summed E-state index contributed by atoms with van der Waals surface area (Å²) in [6.45, 7) is 1.74. The van der Waals surface area contributed by atoms with Crippen LogP contribution in [0.1, 0.15) is 37.0 Å². The van der Waals surface area contributed by atoms with Gasteiger partial charge in [0.25, 0.3) is 0 Å². The number of carbonyl (C=O) groups excluding carboxylic acids is 1. The number of carbonyl (C=O) groups is 2. The van der Waals surface area contributed by atoms with Crippen molar-refractivity contribution in [2.45, 2.75) is 36.4 Å². The van der Waals surface area contributed by atoms with Crippen LogP contribution in [0, 0.1) is 28.6 Å². The molecule has 3 aliphatic rings. The monoisotopic (exact) mass is 552 g/mol. The van der Waals surface area contributed by atoms with Crippen LogP contribution in [0.2, 0.25) is 5.02 Å². The van der Waals surface area contributed by atoms with Gasteiger partial charge in [0, 0.05) is 27.8 Å². The highest BCUT2D eigenvalue weighted by Crippen LogP contribution is 2.64. The fourth-order valence-corrected chi connectivity index (χ4v) is 7.75. The summed E-state index contributed by atoms with van der Waals surface area (Å²) in [4.78, 5) is 25.8. The van der Waals surface area contributed by atoms with Gasteiger partial charge in [-0.25, -0.2) is 4.79 Å². The Labute approximate surface area is 227 Å². The molecule has 1 saturated carbocycles. The van der Waals surface area contributed by atoms with E-state index in [0.717, 1.165) is 4.91 Å². The molecule has 11 heteroatoms. The first kappa shape index (κ1) is 25.3. The van der Waals surface area contributed by atoms with Gasteiger partial charge in [-0.15, -0.1) is 23.5 Å². The van der Waals surface area contributed by atoms with Crippen molar-refractivity contribution < 1.29 is 19.4 Å². The van der Waals surface area contributed by atoms with Gasteiger partial charge >= 0.3 is 12.1 Å². The summed E-state index contributed by atoms with van der Waals surface area (Å²) >= 11 is 9.14. The Hall–Kier alpha value is -3.31. The molecule has 3 unspecified atom stereocenters. The molecule has 1 amide bonds. The molecule has 37 heavy (non-hydrogen) atoms. The molecule has 8 nitrogen and oxygen atoms in total. The number of carboxylic acids is 1. The number of thioether (sulfide) groups is 2. The van der Waals surface area contributed by atoms with Crippen LogP contribution in [-0.2, 0) is 16.6 Å². The lowest BCUT2D eigenvalue weighted by atomic mass is 10.0. The Morgan fingerprint density at radius 1 is 1.32 bits per heavy atom. The maximum atomic E-state index is 12.6. The Balaban J connectivity index is 1.27. The molecule has 0 spiro atoms. The fourth-order valence-electron chi connectivity index (χ4n) is 4.31. The van der Waals surface area contributed by atoms with E-state index in [1.807, 2.05) is 12.1 Å². The first-order valence-corrected chi connectivity index (χ1v) is 13.6. The highest BCUT2D eigenvalue weighted by atomic mass is 35.5. The van der Waals surface area contributed by atoms with Crippen molar-refractivity contribution in [2.75, 3.05) is 5.32 Å². The van der Waals surface area contributed by atoms with Gasteiger partial charge in [0.15, 0.2) is 0 Å². The zero-order chi connectivity index (χ0) is 26.3. The molecule has 1 aromatic heterocycles. The number of nitrogens with zero attached hydrogens (tertiary/aromatic N) is 3. The zero-order valence-electron chi connectivity index (χ0n) is 19.8. The Morgan fingerprint density at radius 3 is 2.76 bits per heavy atom. The molecule has 5 rings (SSSR count). The molecule has 2 aromatic rings. The van der Waals surface area contributed by atoms with Crippen molar-refractivity contribution in [1.82, 2.24) is 9.78 Å². The number of nitrogens with one attached hydrogen (secondary N) is 1. The summed E-state index contributed by atoms with van der Waals surface area (Å²) in [7, 11) is 1.69. The summed E-state index contributed by atoms with van der Waals surface area (Å²) in [5.74, 6) is 5.70. The number of hydrogen-bond acceptors (Lipinski definition) is 7. The van der Waals surface area contributed by atoms with Crippen molar-refractivity contribution in [3.8, 4) is 17.9 Å². The maximum Gasteiger partial charge on any atom is 0.413 e. The van der Waals surface area contributed by atoms with E-state index < -0.39 is 23.6 Å². The second-order valence-corrected chi connectivity index (χ2v) is 11.6. The molecule has 0 radical (unpaired) electrons. The number of aliphatic carboxylic acids is 1. The highest BCUT2D eigenvalue weighted by molar-refractivity contribution is 8.09. The van der Waals surface area contributed by atoms with Crippen LogP contribution < -0.4 is 5.32 Å². The van der Waals surface area contributed by atoms with Crippen LogP contribution in [0.4, 0.5) is 10.6 Å². The fraction of sp³-hybridized carbons (Fsp3) is 0.308. The number of anilines is 1. The average Bonchev–Trinajstić information content (AvgIpc) is 3.33. The molecule has 2 aliphatic heterocycles. The summed E-state index contributed by atoms with van der Waals surface area (Å²) in [6, 6.07) is 9.41. The van der Waals surface area contributed by atoms with Crippen molar-refractivity contribution in [1.29, 1.82) is 5.26 Å². The Kier molecular flexibility index (Phi) is 6.76. The number of halogens is 1. The molecule has 1 aliphatic carbocycles. The minimum Gasteiger partial charge on any atom is -0.481 e. The SMILES string of the molecule is CC(OC(=O)Nc1c(C#CC2=CC3SC(C4(C(=O)O)CC4)=C(C#N)C3S2)cnn1C)c1ccccc1Cl. The van der Waals surface area contributed by atoms with E-state index in [2.05, 4.69) is 28.3 Å². The number of aryl methyl sites for hydroxylation is 1. The minimum atomic E-state index is -0.880. The van der Waals surface area contributed by atoms with Crippen molar-refractivity contribution >= 4 is 53.0 Å². The van der Waals surface area contributed by atoms with Crippen LogP contribution in [0.25, 0.3) is 0 Å². The number of carboxylic acid groups (broad SMARTS) is 1. The largest absolute Gasteiger partial charge is 0.481 e. The van der Waals surface area contributed by atoms with Crippen LogP contribution in [0.5, 0.6) is 0 Å². The maximum absolute atomic E-state index is 12.6. The highest BCUT2D eigenvalue weighted by Gasteiger charge is 2.58. The third kappa shape index (κ3) is 4.73. The van der Waals surface area contributed by atoms with E-state index in [1.165, 1.54) is 28.2 Å². The van der Waals surface area contributed by atoms with E-state index in [-0.39, 0.29) is 10.5 Å². The third-order valence-corrected chi connectivity index (χ3v) is 9.79. The number of nitriles is 1. The van der Waals surface area contributed by atoms with Gasteiger partial charge in [-0.2, -0.15) is 10.4 Å². The molecular weight excluding hydrogens is 532 g/mol. The van der Waals surface area contributed by atoms with Crippen molar-refractivity contribution in [3.05, 3.63) is 68.1 Å². The van der Waals surface area contributed by atoms with Gasteiger partial charge in [-0.1, -0.05) is 41.6 Å². The summed E-state index contributed by atoms with van der Waals surface area (Å²) in [5, 5.41) is 26.7. The number of hydrogen-bond donors (Lipinski definition) is 2. The van der Waals surface area contributed by atoms with Crippen molar-refractivity contribution in [2.24, 2.45) is 12.5 Å². The summed E-state index contributed by atoms with van der Waals surface area (Å²) in [5.41, 5.74) is 0.875. The van der Waals surface area contributed by atoms with Crippen LogP contribution in [0.15, 0.2) is 51.9 Å². The van der Waals surface area contributed by atoms with Gasteiger partial charge in [0.2, 0.25) is 0 Å². The van der Waals surface area contributed by atoms with E-state index in [0.29, 0.717) is 45.3 Å². The summed E-state index contributed by atoms with van der Waals surface area (Å²) < 4.78 is 6.99. The molecule has 188 valence electrons. The number of ether oxygens (including phenoxy) is 1. The number of amides is 1. The summed E-state index contributed by atoms with van der Waals surface area (Å²) in [6.07, 6.45) is 3.47. The number of fused-ring (bicyclic) bond motifs is 1. The Bertz CT molecular complexity index is 1480. The second-order valence-electron chi connectivity index (χ2n) is 8.87. The first-order valence-electron chi connectivity index (χ1n) is 11.4. The molecule has 0 saturated heterocycles. The van der Waals surface area contributed by atoms with E-state index in [1.54, 1.807) is 38.4 Å². The second kappa shape index (κ2) is 9.86. The lowest BCUT2D eigenvalue weighted by Gasteiger charge is -2.15. The number of rotatable bonds is 5. The predicted octanol–water partition coefficient (Wildman–Crippen LogP) is 5.49. The quantitative estimate of drug-likeness (QED) is 0.467. The predicted molar refractivity (Wildman–Crippen MR) is 143 cm³/mol. The lowest BCUT2D eigenvalue weighted by Crippen LogP contribution is -2.18. The first-order chi connectivity index (χ1) is 17.7. The average molecular weight is 553 g/mol. The zero-order valence-corrected chi connectivity index (χ0v) is 22.2. The molecule has 1 aromatic carbocycles. The van der Waals surface area contributed by atoms with E-state index in [9.17, 15) is 20.0 Å². The standard InChI is InChI=1S/C26H21ClN4O4S2/c1-14(17-5-3-4-6-19(17)27)35-25(34)30-23-15(13-29-31(23)2)7-8-16-11-20-21(36-16)18(12-28)22(37-20)26(9-10-26)24(32)33/h3-6,11,13-14,20-21H,9-10H2,1-2H3,(H,30,34)(H,32,33). The lowest BCUT2D eigenvalue weighted by molar-refractivity contribution is -0.141. The van der Waals surface area contributed by atoms with Crippen LogP contribution in [-0.4, -0.2) is 37.4 Å². The number of benzene rings is 1. The van der Waals surface area contributed by atoms with Gasteiger partial charge in [-0.05, 0) is 31.9 Å². The van der Waals surface area contributed by atoms with Gasteiger partial charge in [0.1, 0.15) is 11.9 Å². The molecule has 3 atom stereocenters. The van der Waals surface area contributed by atoms with Crippen LogP contribution >= 0.6 is 35.1 Å². The van der Waals surface area contributed by atoms with Gasteiger partial charge < -0.3 is 9.84 Å². The molecule has 2 N–H and O–H groups in total. The van der Waals surface area contributed by atoms with E-state index >= 15 is 0 Å². The normalized spacial score (nSPS) is 21.7. The molecule has 0 bridgehead atoms. The molecular formula is C26H21ClN4O4S2. The third-order valence-electron chi connectivity index (χ3n) is 6.47. The van der Waals surface area contributed by atoms with Crippen molar-refractivity contribution in [3.63, 3.8) is 0 Å². The molecule has 3 heterocycles.